The van der Waals surface area contributed by atoms with E-state index in [-0.39, 0.29) is 0 Å². The van der Waals surface area contributed by atoms with Crippen LogP contribution in [0.15, 0.2) is 23.5 Å². The van der Waals surface area contributed by atoms with Crippen molar-refractivity contribution in [3.63, 3.8) is 0 Å². The topological polar surface area (TPSA) is 80.7 Å². The molecule has 0 atom stereocenters. The summed E-state index contributed by atoms with van der Waals surface area (Å²) in [6.07, 6.45) is 1.80. The van der Waals surface area contributed by atoms with E-state index >= 15 is 0 Å². The lowest BCUT2D eigenvalue weighted by Gasteiger charge is -2.06. The summed E-state index contributed by atoms with van der Waals surface area (Å²) in [5.74, 6) is -3.39. The van der Waals surface area contributed by atoms with E-state index in [4.69, 9.17) is 5.11 Å². The number of hydrogen-bond acceptors (Lipinski definition) is 5. The Balaban J connectivity index is 3.17. The molecule has 0 radical (unpaired) electrons. The Morgan fingerprint density at radius 2 is 1.85 bits per heavy atom. The molecule has 0 aromatic heterocycles. The monoisotopic (exact) mass is 182 g/mol. The highest BCUT2D eigenvalue weighted by atomic mass is 16.5. The molecular weight excluding hydrogens is 176 g/mol. The average molecular weight is 182 g/mol. The van der Waals surface area contributed by atoms with E-state index in [1.807, 2.05) is 0 Å². The molecule has 0 saturated carbocycles. The van der Waals surface area contributed by atoms with Gasteiger partial charge in [0.05, 0.1) is 7.11 Å². The number of carbonyl (C=O) groups is 3. The summed E-state index contributed by atoms with van der Waals surface area (Å²) in [6.45, 7) is 0. The Hall–Kier alpha value is -1.91. The van der Waals surface area contributed by atoms with Crippen LogP contribution < -0.4 is 0 Å². The van der Waals surface area contributed by atoms with Gasteiger partial charge in [0.25, 0.3) is 0 Å². The number of aliphatic hydroxyl groups is 1. The number of carbonyl (C=O) groups excluding carboxylic acids is 3. The highest BCUT2D eigenvalue weighted by Crippen LogP contribution is 2.12. The van der Waals surface area contributed by atoms with Crippen molar-refractivity contribution in [2.24, 2.45) is 0 Å². The molecule has 0 unspecified atom stereocenters. The number of hydrogen-bond donors (Lipinski definition) is 1. The third kappa shape index (κ3) is 1.48. The van der Waals surface area contributed by atoms with Crippen LogP contribution in [0, 0.1) is 0 Å². The molecule has 0 aromatic rings. The number of methoxy groups -OCH3 is 1. The minimum absolute atomic E-state index is 0.616. The average Bonchev–Trinajstić information content (AvgIpc) is 2.12. The first-order chi connectivity index (χ1) is 6.07. The van der Waals surface area contributed by atoms with Crippen molar-refractivity contribution in [1.82, 2.24) is 0 Å². The third-order valence-corrected chi connectivity index (χ3v) is 1.49. The summed E-state index contributed by atoms with van der Waals surface area (Å²) in [6, 6.07) is 0. The summed E-state index contributed by atoms with van der Waals surface area (Å²) >= 11 is 0. The van der Waals surface area contributed by atoms with Crippen LogP contribution in [0.3, 0.4) is 0 Å². The molecule has 68 valence electrons. The fourth-order valence-corrected chi connectivity index (χ4v) is 0.853. The number of allylic oxidation sites excluding steroid dienone is 2. The molecule has 0 aliphatic heterocycles. The molecule has 0 spiro atoms. The second kappa shape index (κ2) is 3.22. The number of ether oxygens (including phenoxy) is 1. The number of aliphatic hydroxyl groups excluding tert-OH is 1. The van der Waals surface area contributed by atoms with E-state index in [0.29, 0.717) is 0 Å². The van der Waals surface area contributed by atoms with Gasteiger partial charge in [-0.2, -0.15) is 0 Å². The second-order valence-corrected chi connectivity index (χ2v) is 2.28. The molecule has 13 heavy (non-hydrogen) atoms. The van der Waals surface area contributed by atoms with Crippen LogP contribution in [0.5, 0.6) is 0 Å². The van der Waals surface area contributed by atoms with E-state index in [9.17, 15) is 14.4 Å². The zero-order valence-electron chi connectivity index (χ0n) is 6.73. The zero-order chi connectivity index (χ0) is 10.0. The van der Waals surface area contributed by atoms with Crippen LogP contribution in [-0.4, -0.2) is 29.8 Å². The quantitative estimate of drug-likeness (QED) is 0.341. The Bertz CT molecular complexity index is 348. The molecule has 0 amide bonds. The largest absolute Gasteiger partial charge is 0.503 e. The van der Waals surface area contributed by atoms with Gasteiger partial charge in [0.15, 0.2) is 17.1 Å². The maximum absolute atomic E-state index is 11.0. The fraction of sp³-hybridized carbons (Fsp3) is 0.125. The SMILES string of the molecule is COC(=O)C1=C(O)C(=O)C=CC1=O. The van der Waals surface area contributed by atoms with Crippen LogP contribution in [0.4, 0.5) is 0 Å². The Labute approximate surface area is 73.3 Å². The van der Waals surface area contributed by atoms with Gasteiger partial charge in [0.2, 0.25) is 5.78 Å². The molecule has 0 fully saturated rings. The molecule has 1 aliphatic rings. The molecule has 1 aliphatic carbocycles. The minimum atomic E-state index is -1.01. The van der Waals surface area contributed by atoms with Gasteiger partial charge in [-0.1, -0.05) is 0 Å². The van der Waals surface area contributed by atoms with Crippen molar-refractivity contribution in [2.75, 3.05) is 7.11 Å². The third-order valence-electron chi connectivity index (χ3n) is 1.49. The smallest absolute Gasteiger partial charge is 0.345 e. The van der Waals surface area contributed by atoms with Gasteiger partial charge in [-0.15, -0.1) is 0 Å². The minimum Gasteiger partial charge on any atom is -0.503 e. The molecule has 1 N–H and O–H groups in total. The van der Waals surface area contributed by atoms with Crippen molar-refractivity contribution in [3.05, 3.63) is 23.5 Å². The molecule has 1 rings (SSSR count). The van der Waals surface area contributed by atoms with Crippen LogP contribution in [0.2, 0.25) is 0 Å². The second-order valence-electron chi connectivity index (χ2n) is 2.28. The van der Waals surface area contributed by atoms with E-state index in [0.717, 1.165) is 19.3 Å². The molecule has 5 heteroatoms. The van der Waals surface area contributed by atoms with Gasteiger partial charge in [0, 0.05) is 0 Å². The lowest BCUT2D eigenvalue weighted by Crippen LogP contribution is -2.21. The predicted octanol–water partition coefficient (Wildman–Crippen LogP) is -0.321. The van der Waals surface area contributed by atoms with Crippen molar-refractivity contribution in [2.45, 2.75) is 0 Å². The van der Waals surface area contributed by atoms with Gasteiger partial charge in [-0.05, 0) is 12.2 Å². The summed E-state index contributed by atoms with van der Waals surface area (Å²) in [5.41, 5.74) is -0.616. The van der Waals surface area contributed by atoms with Crippen molar-refractivity contribution >= 4 is 17.5 Å². The summed E-state index contributed by atoms with van der Waals surface area (Å²) in [5, 5.41) is 9.07. The van der Waals surface area contributed by atoms with Gasteiger partial charge in [-0.25, -0.2) is 4.79 Å². The van der Waals surface area contributed by atoms with Gasteiger partial charge in [-0.3, -0.25) is 9.59 Å². The molecular formula is C8H6O5. The molecule has 5 nitrogen and oxygen atoms in total. The van der Waals surface area contributed by atoms with E-state index in [2.05, 4.69) is 4.74 Å². The molecule has 0 heterocycles. The van der Waals surface area contributed by atoms with Crippen molar-refractivity contribution < 1.29 is 24.2 Å². The van der Waals surface area contributed by atoms with E-state index < -0.39 is 28.9 Å². The van der Waals surface area contributed by atoms with Crippen molar-refractivity contribution in [3.8, 4) is 0 Å². The zero-order valence-corrected chi connectivity index (χ0v) is 6.73. The highest BCUT2D eigenvalue weighted by molar-refractivity contribution is 6.30. The fourth-order valence-electron chi connectivity index (χ4n) is 0.853. The first-order valence-electron chi connectivity index (χ1n) is 3.36. The van der Waals surface area contributed by atoms with Gasteiger partial charge < -0.3 is 9.84 Å². The van der Waals surface area contributed by atoms with Crippen LogP contribution in [-0.2, 0) is 19.1 Å². The highest BCUT2D eigenvalue weighted by Gasteiger charge is 2.28. The normalized spacial score (nSPS) is 16.4. The van der Waals surface area contributed by atoms with Crippen LogP contribution >= 0.6 is 0 Å². The molecule has 0 bridgehead atoms. The Morgan fingerprint density at radius 1 is 1.31 bits per heavy atom. The maximum atomic E-state index is 11.0. The number of ketones is 2. The van der Waals surface area contributed by atoms with Crippen molar-refractivity contribution in [1.29, 1.82) is 0 Å². The lowest BCUT2D eigenvalue weighted by molar-refractivity contribution is -0.138. The van der Waals surface area contributed by atoms with Crippen LogP contribution in [0.25, 0.3) is 0 Å². The molecule has 0 saturated heterocycles. The van der Waals surface area contributed by atoms with Gasteiger partial charge >= 0.3 is 5.97 Å². The lowest BCUT2D eigenvalue weighted by atomic mass is 10.0. The summed E-state index contributed by atoms with van der Waals surface area (Å²) < 4.78 is 4.22. The Morgan fingerprint density at radius 3 is 2.38 bits per heavy atom. The van der Waals surface area contributed by atoms with E-state index in [1.54, 1.807) is 0 Å². The Kier molecular flexibility index (Phi) is 2.27. The predicted molar refractivity (Wildman–Crippen MR) is 40.8 cm³/mol. The molecule has 0 aromatic carbocycles. The van der Waals surface area contributed by atoms with Crippen LogP contribution in [0.1, 0.15) is 0 Å². The van der Waals surface area contributed by atoms with Gasteiger partial charge in [0.1, 0.15) is 0 Å². The first kappa shape index (κ1) is 9.18. The summed E-state index contributed by atoms with van der Waals surface area (Å²) in [7, 11) is 1.05. The maximum Gasteiger partial charge on any atom is 0.345 e. The number of esters is 1. The number of rotatable bonds is 1. The van der Waals surface area contributed by atoms with E-state index in [1.165, 1.54) is 0 Å². The standard InChI is InChI=1S/C8H6O5/c1-13-8(12)6-4(9)2-3-5(10)7(6)11/h2-3,11H,1H3. The first-order valence-corrected chi connectivity index (χ1v) is 3.36. The summed E-state index contributed by atoms with van der Waals surface area (Å²) in [4.78, 5) is 32.7.